The Morgan fingerprint density at radius 3 is 2.23 bits per heavy atom. The average Bonchev–Trinajstić information content (AvgIpc) is 3.00. The molecule has 1 aliphatic rings. The second-order valence-electron chi connectivity index (χ2n) is 6.76. The molecule has 138 valence electrons. The maximum atomic E-state index is 13.0. The van der Waals surface area contributed by atoms with Crippen LogP contribution in [0.1, 0.15) is 12.0 Å². The van der Waals surface area contributed by atoms with Gasteiger partial charge < -0.3 is 9.80 Å². The molecule has 0 spiro atoms. The number of carbonyl (C=O) groups excluding carboxylic acids is 1. The van der Waals surface area contributed by atoms with Crippen molar-refractivity contribution in [3.8, 4) is 0 Å². The first-order valence-corrected chi connectivity index (χ1v) is 10.6. The first kappa shape index (κ1) is 18.5. The number of para-hydroxylation sites is 1. The molecule has 6 heteroatoms. The molecule has 5 nitrogen and oxygen atoms in total. The highest BCUT2D eigenvalue weighted by molar-refractivity contribution is 7.91. The average molecular weight is 372 g/mol. The second-order valence-corrected chi connectivity index (χ2v) is 8.98. The fourth-order valence-electron chi connectivity index (χ4n) is 3.29. The number of likely N-dealkylation sites (N-methyl/N-ethyl adjacent to an activating group) is 1. The molecular weight excluding hydrogens is 348 g/mol. The highest BCUT2D eigenvalue weighted by Crippen LogP contribution is 2.21. The molecule has 1 aliphatic heterocycles. The molecule has 3 rings (SSSR count). The Balaban J connectivity index is 1.77. The number of anilines is 1. The third kappa shape index (κ3) is 4.64. The van der Waals surface area contributed by atoms with Crippen LogP contribution in [0.4, 0.5) is 5.69 Å². The van der Waals surface area contributed by atoms with Crippen molar-refractivity contribution in [2.75, 3.05) is 30.0 Å². The molecule has 0 aliphatic carbocycles. The van der Waals surface area contributed by atoms with Gasteiger partial charge in [0.2, 0.25) is 5.91 Å². The van der Waals surface area contributed by atoms with Crippen molar-refractivity contribution in [3.63, 3.8) is 0 Å². The quantitative estimate of drug-likeness (QED) is 0.781. The van der Waals surface area contributed by atoms with Crippen LogP contribution < -0.4 is 4.90 Å². The standard InChI is InChI=1S/C20H24N2O3S/c1-21(18-10-6-3-7-11-18)15-20(23)22(14-17-8-4-2-5-9-17)19-12-13-26(24,25)16-19/h2-11,19H,12-16H2,1H3/t19-/m1/s1. The van der Waals surface area contributed by atoms with Gasteiger partial charge in [-0.3, -0.25) is 4.79 Å². The van der Waals surface area contributed by atoms with Crippen LogP contribution in [0.15, 0.2) is 60.7 Å². The molecule has 2 aromatic carbocycles. The number of nitrogens with zero attached hydrogens (tertiary/aromatic N) is 2. The molecule has 0 radical (unpaired) electrons. The summed E-state index contributed by atoms with van der Waals surface area (Å²) in [5, 5.41) is 0. The summed E-state index contributed by atoms with van der Waals surface area (Å²) in [7, 11) is -1.18. The van der Waals surface area contributed by atoms with E-state index >= 15 is 0 Å². The Hall–Kier alpha value is -2.34. The lowest BCUT2D eigenvalue weighted by Crippen LogP contribution is -2.45. The van der Waals surface area contributed by atoms with E-state index in [2.05, 4.69) is 0 Å². The van der Waals surface area contributed by atoms with Crippen molar-refractivity contribution in [3.05, 3.63) is 66.2 Å². The molecule has 0 bridgehead atoms. The molecule has 0 N–H and O–H groups in total. The van der Waals surface area contributed by atoms with Crippen LogP contribution in [-0.4, -0.2) is 50.4 Å². The van der Waals surface area contributed by atoms with E-state index in [0.717, 1.165) is 11.3 Å². The lowest BCUT2D eigenvalue weighted by atomic mass is 10.1. The van der Waals surface area contributed by atoms with E-state index in [-0.39, 0.29) is 30.0 Å². The van der Waals surface area contributed by atoms with Crippen molar-refractivity contribution in [1.82, 2.24) is 4.90 Å². The van der Waals surface area contributed by atoms with Crippen molar-refractivity contribution in [2.45, 2.75) is 19.0 Å². The highest BCUT2D eigenvalue weighted by Gasteiger charge is 2.34. The van der Waals surface area contributed by atoms with Crippen LogP contribution in [0.25, 0.3) is 0 Å². The van der Waals surface area contributed by atoms with E-state index in [1.165, 1.54) is 0 Å². The largest absolute Gasteiger partial charge is 0.365 e. The topological polar surface area (TPSA) is 57.7 Å². The summed E-state index contributed by atoms with van der Waals surface area (Å²) >= 11 is 0. The van der Waals surface area contributed by atoms with E-state index < -0.39 is 9.84 Å². The van der Waals surface area contributed by atoms with Gasteiger partial charge in [-0.2, -0.15) is 0 Å². The number of carbonyl (C=O) groups is 1. The predicted molar refractivity (Wildman–Crippen MR) is 104 cm³/mol. The van der Waals surface area contributed by atoms with E-state index in [0.29, 0.717) is 13.0 Å². The van der Waals surface area contributed by atoms with Gasteiger partial charge in [-0.05, 0) is 24.1 Å². The summed E-state index contributed by atoms with van der Waals surface area (Å²) in [6.07, 6.45) is 0.510. The zero-order chi connectivity index (χ0) is 18.6. The minimum Gasteiger partial charge on any atom is -0.365 e. The highest BCUT2D eigenvalue weighted by atomic mass is 32.2. The van der Waals surface area contributed by atoms with Crippen LogP contribution in [0.2, 0.25) is 0 Å². The van der Waals surface area contributed by atoms with Gasteiger partial charge in [0, 0.05) is 25.3 Å². The summed E-state index contributed by atoms with van der Waals surface area (Å²) < 4.78 is 23.8. The lowest BCUT2D eigenvalue weighted by molar-refractivity contribution is -0.132. The molecule has 0 aromatic heterocycles. The first-order chi connectivity index (χ1) is 12.4. The summed E-state index contributed by atoms with van der Waals surface area (Å²) in [6, 6.07) is 19.2. The maximum absolute atomic E-state index is 13.0. The predicted octanol–water partition coefficient (Wildman–Crippen LogP) is 2.34. The summed E-state index contributed by atoms with van der Waals surface area (Å²) in [5.74, 6) is 0.160. The summed E-state index contributed by atoms with van der Waals surface area (Å²) in [5.41, 5.74) is 1.96. The van der Waals surface area contributed by atoms with Gasteiger partial charge in [-0.15, -0.1) is 0 Å². The second kappa shape index (κ2) is 7.91. The molecule has 1 heterocycles. The molecule has 2 aromatic rings. The molecule has 1 saturated heterocycles. The monoisotopic (exact) mass is 372 g/mol. The third-order valence-electron chi connectivity index (χ3n) is 4.73. The van der Waals surface area contributed by atoms with Crippen LogP contribution in [-0.2, 0) is 21.2 Å². The Bertz CT molecular complexity index is 838. The van der Waals surface area contributed by atoms with E-state index in [4.69, 9.17) is 0 Å². The normalized spacial score (nSPS) is 18.4. The number of hydrogen-bond donors (Lipinski definition) is 0. The molecule has 1 atom stereocenters. The Morgan fingerprint density at radius 1 is 1.04 bits per heavy atom. The van der Waals surface area contributed by atoms with Crippen molar-refractivity contribution < 1.29 is 13.2 Å². The zero-order valence-electron chi connectivity index (χ0n) is 14.9. The molecule has 0 unspecified atom stereocenters. The van der Waals surface area contributed by atoms with Gasteiger partial charge in [0.1, 0.15) is 0 Å². The van der Waals surface area contributed by atoms with Crippen LogP contribution in [0, 0.1) is 0 Å². The molecular formula is C20H24N2O3S. The van der Waals surface area contributed by atoms with Gasteiger partial charge >= 0.3 is 0 Å². The first-order valence-electron chi connectivity index (χ1n) is 8.74. The van der Waals surface area contributed by atoms with Crippen LogP contribution in [0.3, 0.4) is 0 Å². The minimum atomic E-state index is -3.05. The van der Waals surface area contributed by atoms with Gasteiger partial charge in [-0.25, -0.2) is 8.42 Å². The van der Waals surface area contributed by atoms with Crippen molar-refractivity contribution >= 4 is 21.4 Å². The maximum Gasteiger partial charge on any atom is 0.242 e. The van der Waals surface area contributed by atoms with Gasteiger partial charge in [0.05, 0.1) is 18.1 Å². The Kier molecular flexibility index (Phi) is 5.61. The lowest BCUT2D eigenvalue weighted by Gasteiger charge is -2.31. The summed E-state index contributed by atoms with van der Waals surface area (Å²) in [4.78, 5) is 16.6. The van der Waals surface area contributed by atoms with E-state index in [1.807, 2.05) is 72.6 Å². The fraction of sp³-hybridized carbons (Fsp3) is 0.350. The van der Waals surface area contributed by atoms with Crippen molar-refractivity contribution in [1.29, 1.82) is 0 Å². The van der Waals surface area contributed by atoms with E-state index in [1.54, 1.807) is 4.90 Å². The number of rotatable bonds is 6. The Labute approximate surface area is 155 Å². The Morgan fingerprint density at radius 2 is 1.65 bits per heavy atom. The van der Waals surface area contributed by atoms with E-state index in [9.17, 15) is 13.2 Å². The van der Waals surface area contributed by atoms with Gasteiger partial charge in [0.25, 0.3) is 0 Å². The molecule has 1 amide bonds. The van der Waals surface area contributed by atoms with Crippen molar-refractivity contribution in [2.24, 2.45) is 0 Å². The van der Waals surface area contributed by atoms with Crippen LogP contribution in [0.5, 0.6) is 0 Å². The number of benzene rings is 2. The van der Waals surface area contributed by atoms with Gasteiger partial charge in [-0.1, -0.05) is 48.5 Å². The number of sulfone groups is 1. The summed E-state index contributed by atoms with van der Waals surface area (Å²) in [6.45, 7) is 0.649. The number of hydrogen-bond acceptors (Lipinski definition) is 4. The molecule has 0 saturated carbocycles. The molecule has 1 fully saturated rings. The SMILES string of the molecule is CN(CC(=O)N(Cc1ccccc1)[C@@H]1CCS(=O)(=O)C1)c1ccccc1. The van der Waals surface area contributed by atoms with Crippen LogP contribution >= 0.6 is 0 Å². The fourth-order valence-corrected chi connectivity index (χ4v) is 5.02. The molecule has 26 heavy (non-hydrogen) atoms. The zero-order valence-corrected chi connectivity index (χ0v) is 15.7. The van der Waals surface area contributed by atoms with Gasteiger partial charge in [0.15, 0.2) is 9.84 Å². The third-order valence-corrected chi connectivity index (χ3v) is 6.49. The smallest absolute Gasteiger partial charge is 0.242 e. The minimum absolute atomic E-state index is 0.0534. The number of amides is 1.